The van der Waals surface area contributed by atoms with Crippen LogP contribution >= 0.6 is 0 Å². The van der Waals surface area contributed by atoms with E-state index in [1.165, 1.54) is 18.0 Å². The van der Waals surface area contributed by atoms with Crippen LogP contribution in [0.3, 0.4) is 0 Å². The third kappa shape index (κ3) is 1.63. The predicted molar refractivity (Wildman–Crippen MR) is 68.9 cm³/mol. The molecule has 7 nitrogen and oxygen atoms in total. The number of hydrogen-bond donors (Lipinski definition) is 2. The molecule has 0 bridgehead atoms. The fourth-order valence-electron chi connectivity index (χ4n) is 1.99. The van der Waals surface area contributed by atoms with Crippen LogP contribution in [0.2, 0.25) is 0 Å². The van der Waals surface area contributed by atoms with Crippen molar-refractivity contribution in [1.29, 1.82) is 0 Å². The van der Waals surface area contributed by atoms with Crippen molar-refractivity contribution in [2.75, 3.05) is 7.11 Å². The zero-order valence-electron chi connectivity index (χ0n) is 10.0. The number of imidazole rings is 1. The summed E-state index contributed by atoms with van der Waals surface area (Å²) in [4.78, 5) is 32.8. The molecule has 0 atom stereocenters. The van der Waals surface area contributed by atoms with E-state index in [2.05, 4.69) is 15.0 Å². The van der Waals surface area contributed by atoms with Gasteiger partial charge >= 0.3 is 5.69 Å². The number of aromatic amines is 2. The maximum atomic E-state index is 12.0. The standard InChI is InChI=1S/C12H10N4O3/c1-19-8-5-3-2-4-7(8)16-9-10(15-12(16)18)13-6-14-11(9)17/h2-6H,1H3,(H2,13,14,15,17,18). The number of ether oxygens (including phenoxy) is 1. The Morgan fingerprint density at radius 2 is 2.05 bits per heavy atom. The maximum Gasteiger partial charge on any atom is 0.332 e. The quantitative estimate of drug-likeness (QED) is 0.696. The van der Waals surface area contributed by atoms with Gasteiger partial charge in [-0.1, -0.05) is 12.1 Å². The highest BCUT2D eigenvalue weighted by atomic mass is 16.5. The van der Waals surface area contributed by atoms with Crippen molar-refractivity contribution in [3.05, 3.63) is 51.4 Å². The Balaban J connectivity index is 2.46. The molecule has 19 heavy (non-hydrogen) atoms. The molecule has 3 aromatic rings. The van der Waals surface area contributed by atoms with Gasteiger partial charge in [-0.3, -0.25) is 14.3 Å². The lowest BCUT2D eigenvalue weighted by atomic mass is 10.3. The Kier molecular flexibility index (Phi) is 2.45. The summed E-state index contributed by atoms with van der Waals surface area (Å²) in [7, 11) is 1.50. The van der Waals surface area contributed by atoms with E-state index in [1.807, 2.05) is 0 Å². The molecule has 0 aliphatic rings. The van der Waals surface area contributed by atoms with Gasteiger partial charge in [0.15, 0.2) is 11.2 Å². The van der Waals surface area contributed by atoms with E-state index in [-0.39, 0.29) is 11.2 Å². The number of fused-ring (bicyclic) bond motifs is 1. The third-order valence-electron chi connectivity index (χ3n) is 2.81. The first-order valence-corrected chi connectivity index (χ1v) is 5.54. The first-order valence-electron chi connectivity index (χ1n) is 5.54. The van der Waals surface area contributed by atoms with E-state index in [0.717, 1.165) is 0 Å². The van der Waals surface area contributed by atoms with Gasteiger partial charge in [0.2, 0.25) is 0 Å². The summed E-state index contributed by atoms with van der Waals surface area (Å²) in [6, 6.07) is 6.95. The van der Waals surface area contributed by atoms with Gasteiger partial charge in [-0.25, -0.2) is 9.78 Å². The van der Waals surface area contributed by atoms with Crippen LogP contribution in [-0.2, 0) is 0 Å². The molecule has 2 aromatic heterocycles. The molecule has 96 valence electrons. The molecule has 2 heterocycles. The third-order valence-corrected chi connectivity index (χ3v) is 2.81. The summed E-state index contributed by atoms with van der Waals surface area (Å²) in [5.41, 5.74) is 0.0503. The largest absolute Gasteiger partial charge is 0.495 e. The average molecular weight is 258 g/mol. The SMILES string of the molecule is COc1ccccc1-n1c(=O)[nH]c2nc[nH]c(=O)c21. The Morgan fingerprint density at radius 3 is 2.84 bits per heavy atom. The molecule has 0 aliphatic carbocycles. The molecule has 2 N–H and O–H groups in total. The van der Waals surface area contributed by atoms with Crippen molar-refractivity contribution >= 4 is 11.2 Å². The molecule has 0 radical (unpaired) electrons. The van der Waals surface area contributed by atoms with Gasteiger partial charge in [-0.15, -0.1) is 0 Å². The van der Waals surface area contributed by atoms with Crippen molar-refractivity contribution in [1.82, 2.24) is 19.5 Å². The zero-order valence-corrected chi connectivity index (χ0v) is 10.0. The summed E-state index contributed by atoms with van der Waals surface area (Å²) in [5, 5.41) is 0. The number of methoxy groups -OCH3 is 1. The van der Waals surface area contributed by atoms with Crippen LogP contribution in [0.5, 0.6) is 5.75 Å². The maximum absolute atomic E-state index is 12.0. The van der Waals surface area contributed by atoms with Gasteiger partial charge in [0.1, 0.15) is 5.75 Å². The van der Waals surface area contributed by atoms with Crippen LogP contribution in [0.4, 0.5) is 0 Å². The van der Waals surface area contributed by atoms with Crippen LogP contribution in [0.25, 0.3) is 16.9 Å². The average Bonchev–Trinajstić information content (AvgIpc) is 2.76. The number of para-hydroxylation sites is 2. The van der Waals surface area contributed by atoms with E-state index in [1.54, 1.807) is 24.3 Å². The number of nitrogens with zero attached hydrogens (tertiary/aromatic N) is 2. The molecule has 0 aliphatic heterocycles. The molecule has 7 heteroatoms. The van der Waals surface area contributed by atoms with Gasteiger partial charge in [0.05, 0.1) is 19.1 Å². The monoisotopic (exact) mass is 258 g/mol. The van der Waals surface area contributed by atoms with E-state index in [9.17, 15) is 9.59 Å². The molecular formula is C12H10N4O3. The molecule has 0 saturated carbocycles. The zero-order chi connectivity index (χ0) is 13.4. The lowest BCUT2D eigenvalue weighted by molar-refractivity contribution is 0.413. The predicted octanol–water partition coefficient (Wildman–Crippen LogP) is 0.411. The number of benzene rings is 1. The highest BCUT2D eigenvalue weighted by Gasteiger charge is 2.15. The topological polar surface area (TPSA) is 92.8 Å². The first kappa shape index (κ1) is 11.3. The second kappa shape index (κ2) is 4.13. The number of rotatable bonds is 2. The first-order chi connectivity index (χ1) is 9.22. The molecule has 0 spiro atoms. The Hall–Kier alpha value is -2.83. The summed E-state index contributed by atoms with van der Waals surface area (Å²) in [5.74, 6) is 0.494. The Morgan fingerprint density at radius 1 is 1.26 bits per heavy atom. The second-order valence-corrected chi connectivity index (χ2v) is 3.87. The Bertz CT molecular complexity index is 859. The minimum absolute atomic E-state index is 0.164. The van der Waals surface area contributed by atoms with Crippen LogP contribution < -0.4 is 16.0 Å². The smallest absolute Gasteiger partial charge is 0.332 e. The summed E-state index contributed by atoms with van der Waals surface area (Å²) >= 11 is 0. The van der Waals surface area contributed by atoms with Crippen LogP contribution in [0, 0.1) is 0 Å². The molecule has 0 fully saturated rings. The molecular weight excluding hydrogens is 248 g/mol. The minimum Gasteiger partial charge on any atom is -0.495 e. The van der Waals surface area contributed by atoms with Crippen molar-refractivity contribution in [2.24, 2.45) is 0 Å². The van der Waals surface area contributed by atoms with Crippen molar-refractivity contribution in [3.8, 4) is 11.4 Å². The molecule has 0 saturated heterocycles. The van der Waals surface area contributed by atoms with Crippen molar-refractivity contribution < 1.29 is 4.74 Å². The van der Waals surface area contributed by atoms with Gasteiger partial charge in [0.25, 0.3) is 5.56 Å². The summed E-state index contributed by atoms with van der Waals surface area (Å²) in [6.07, 6.45) is 1.24. The molecule has 0 amide bonds. The summed E-state index contributed by atoms with van der Waals surface area (Å²) in [6.45, 7) is 0. The van der Waals surface area contributed by atoms with E-state index in [4.69, 9.17) is 4.74 Å². The van der Waals surface area contributed by atoms with E-state index >= 15 is 0 Å². The lowest BCUT2D eigenvalue weighted by Gasteiger charge is -2.08. The van der Waals surface area contributed by atoms with Gasteiger partial charge in [0, 0.05) is 0 Å². The van der Waals surface area contributed by atoms with Crippen LogP contribution in [0.15, 0.2) is 40.2 Å². The van der Waals surface area contributed by atoms with Crippen molar-refractivity contribution in [3.63, 3.8) is 0 Å². The second-order valence-electron chi connectivity index (χ2n) is 3.87. The minimum atomic E-state index is -0.441. The van der Waals surface area contributed by atoms with Gasteiger partial charge in [-0.05, 0) is 12.1 Å². The fourth-order valence-corrected chi connectivity index (χ4v) is 1.99. The highest BCUT2D eigenvalue weighted by molar-refractivity contribution is 5.72. The van der Waals surface area contributed by atoms with Crippen LogP contribution in [-0.4, -0.2) is 26.6 Å². The lowest BCUT2D eigenvalue weighted by Crippen LogP contribution is -2.19. The van der Waals surface area contributed by atoms with Crippen LogP contribution in [0.1, 0.15) is 0 Å². The van der Waals surface area contributed by atoms with E-state index < -0.39 is 11.2 Å². The Labute approximate surface area is 106 Å². The molecule has 0 unspecified atom stereocenters. The molecule has 3 rings (SSSR count). The van der Waals surface area contributed by atoms with Gasteiger partial charge in [-0.2, -0.15) is 0 Å². The number of aromatic nitrogens is 4. The number of H-pyrrole nitrogens is 2. The fraction of sp³-hybridized carbons (Fsp3) is 0.0833. The normalized spacial score (nSPS) is 10.8. The number of hydrogen-bond acceptors (Lipinski definition) is 4. The van der Waals surface area contributed by atoms with E-state index in [0.29, 0.717) is 11.4 Å². The molecule has 1 aromatic carbocycles. The number of nitrogens with one attached hydrogen (secondary N) is 2. The highest BCUT2D eigenvalue weighted by Crippen LogP contribution is 2.22. The van der Waals surface area contributed by atoms with Crippen molar-refractivity contribution in [2.45, 2.75) is 0 Å². The summed E-state index contributed by atoms with van der Waals surface area (Å²) < 4.78 is 6.46. The van der Waals surface area contributed by atoms with Gasteiger partial charge < -0.3 is 9.72 Å².